The lowest BCUT2D eigenvalue weighted by Gasteiger charge is -2.16. The van der Waals surface area contributed by atoms with Crippen LogP contribution in [0.5, 0.6) is 0 Å². The van der Waals surface area contributed by atoms with Crippen molar-refractivity contribution in [3.05, 3.63) is 86.1 Å². The first-order chi connectivity index (χ1) is 14.0. The molecule has 2 amide bonds. The highest BCUT2D eigenvalue weighted by molar-refractivity contribution is 7.18. The normalized spacial score (nSPS) is 12.6. The van der Waals surface area contributed by atoms with Crippen molar-refractivity contribution >= 4 is 40.4 Å². The Hall–Kier alpha value is -3.14. The molecule has 0 saturated heterocycles. The summed E-state index contributed by atoms with van der Waals surface area (Å²) in [5, 5.41) is 11.8. The van der Waals surface area contributed by atoms with Gasteiger partial charge in [-0.1, -0.05) is 41.9 Å². The Bertz CT molecular complexity index is 1150. The minimum atomic E-state index is -0.245. The van der Waals surface area contributed by atoms with E-state index in [0.29, 0.717) is 40.0 Å². The Morgan fingerprint density at radius 1 is 1.17 bits per heavy atom. The first-order valence-electron chi connectivity index (χ1n) is 8.98. The van der Waals surface area contributed by atoms with Gasteiger partial charge in [-0.2, -0.15) is 5.26 Å². The van der Waals surface area contributed by atoms with Gasteiger partial charge >= 0.3 is 0 Å². The smallest absolute Gasteiger partial charge is 0.265 e. The molecule has 3 aromatic rings. The van der Waals surface area contributed by atoms with Gasteiger partial charge in [0.1, 0.15) is 0 Å². The molecule has 0 spiro atoms. The van der Waals surface area contributed by atoms with E-state index in [9.17, 15) is 9.59 Å². The minimum absolute atomic E-state index is 0.0686. The zero-order valence-electron chi connectivity index (χ0n) is 15.3. The summed E-state index contributed by atoms with van der Waals surface area (Å²) in [6.07, 6.45) is 0.338. The van der Waals surface area contributed by atoms with E-state index in [1.165, 1.54) is 11.3 Å². The summed E-state index contributed by atoms with van der Waals surface area (Å²) >= 11 is 7.13. The number of halogens is 1. The number of nitriles is 1. The number of thiophene rings is 1. The summed E-state index contributed by atoms with van der Waals surface area (Å²) < 4.78 is 0.549. The fourth-order valence-corrected chi connectivity index (χ4v) is 4.34. The van der Waals surface area contributed by atoms with E-state index in [4.69, 9.17) is 16.9 Å². The molecule has 0 radical (unpaired) electrons. The molecule has 0 atom stereocenters. The highest BCUT2D eigenvalue weighted by atomic mass is 35.5. The lowest BCUT2D eigenvalue weighted by atomic mass is 10.1. The number of carbonyl (C=O) groups excluding carboxylic acids is 2. The van der Waals surface area contributed by atoms with E-state index >= 15 is 0 Å². The third kappa shape index (κ3) is 4.02. The fourth-order valence-electron chi connectivity index (χ4n) is 3.41. The molecule has 7 heteroatoms. The van der Waals surface area contributed by atoms with Crippen molar-refractivity contribution in [2.24, 2.45) is 0 Å². The zero-order chi connectivity index (χ0) is 20.4. The maximum Gasteiger partial charge on any atom is 0.265 e. The van der Waals surface area contributed by atoms with E-state index in [1.807, 2.05) is 24.3 Å². The number of carbonyl (C=O) groups is 2. The van der Waals surface area contributed by atoms with E-state index in [1.54, 1.807) is 35.2 Å². The standard InChI is InChI=1S/C22H16ClN3O2S/c23-20-8-7-19(29-20)21(27)25-18-6-2-5-16-17(18)13-26(22(16)28)12-15-4-1-3-14(11-15)9-10-24/h1-8,11H,9,12-13H2,(H,25,27). The molecule has 2 heterocycles. The predicted octanol–water partition coefficient (Wildman–Crippen LogP) is 4.88. The zero-order valence-corrected chi connectivity index (χ0v) is 16.9. The number of nitrogens with one attached hydrogen (secondary N) is 1. The van der Waals surface area contributed by atoms with E-state index in [2.05, 4.69) is 11.4 Å². The Balaban J connectivity index is 1.54. The van der Waals surface area contributed by atoms with E-state index in [0.717, 1.165) is 16.7 Å². The van der Waals surface area contributed by atoms with Crippen molar-refractivity contribution in [1.29, 1.82) is 5.26 Å². The maximum atomic E-state index is 12.9. The molecule has 0 saturated carbocycles. The average molecular weight is 422 g/mol. The summed E-state index contributed by atoms with van der Waals surface area (Å²) in [5.41, 5.74) is 3.93. The van der Waals surface area contributed by atoms with Gasteiger partial charge in [0.15, 0.2) is 0 Å². The van der Waals surface area contributed by atoms with Crippen LogP contribution in [0.2, 0.25) is 4.34 Å². The predicted molar refractivity (Wildman–Crippen MR) is 113 cm³/mol. The van der Waals surface area contributed by atoms with Crippen LogP contribution in [0.4, 0.5) is 5.69 Å². The monoisotopic (exact) mass is 421 g/mol. The number of anilines is 1. The van der Waals surface area contributed by atoms with Gasteiger partial charge in [-0.05, 0) is 35.4 Å². The van der Waals surface area contributed by atoms with Gasteiger partial charge in [0.25, 0.3) is 11.8 Å². The SMILES string of the molecule is N#CCc1cccc(CN2Cc3c(NC(=O)c4ccc(Cl)s4)cccc3C2=O)c1. The third-order valence-corrected chi connectivity index (χ3v) is 5.97. The number of rotatable bonds is 5. The molecule has 1 aromatic heterocycles. The number of fused-ring (bicyclic) bond motifs is 1. The number of nitrogens with zero attached hydrogens (tertiary/aromatic N) is 2. The molecular weight excluding hydrogens is 406 g/mol. The Morgan fingerprint density at radius 2 is 1.97 bits per heavy atom. The Morgan fingerprint density at radius 3 is 2.72 bits per heavy atom. The van der Waals surface area contributed by atoms with Crippen molar-refractivity contribution in [3.63, 3.8) is 0 Å². The van der Waals surface area contributed by atoms with Gasteiger partial charge in [0.05, 0.1) is 21.7 Å². The van der Waals surface area contributed by atoms with Crippen LogP contribution in [0.15, 0.2) is 54.6 Å². The summed E-state index contributed by atoms with van der Waals surface area (Å²) in [5.74, 6) is -0.314. The van der Waals surface area contributed by atoms with Gasteiger partial charge < -0.3 is 10.2 Å². The van der Waals surface area contributed by atoms with E-state index in [-0.39, 0.29) is 11.8 Å². The highest BCUT2D eigenvalue weighted by Gasteiger charge is 2.29. The molecule has 5 nitrogen and oxygen atoms in total. The van der Waals surface area contributed by atoms with Gasteiger partial charge in [-0.15, -0.1) is 11.3 Å². The number of benzene rings is 2. The Labute approximate surface area is 177 Å². The van der Waals surface area contributed by atoms with Crippen LogP contribution in [-0.4, -0.2) is 16.7 Å². The highest BCUT2D eigenvalue weighted by Crippen LogP contribution is 2.31. The van der Waals surface area contributed by atoms with Gasteiger partial charge in [-0.25, -0.2) is 0 Å². The number of amides is 2. The summed E-state index contributed by atoms with van der Waals surface area (Å²) in [4.78, 5) is 27.6. The van der Waals surface area contributed by atoms with Crippen LogP contribution in [0, 0.1) is 11.3 Å². The molecular formula is C22H16ClN3O2S. The number of hydrogen-bond donors (Lipinski definition) is 1. The molecule has 1 N–H and O–H groups in total. The van der Waals surface area contributed by atoms with Crippen molar-refractivity contribution in [1.82, 2.24) is 4.90 Å². The van der Waals surface area contributed by atoms with Gasteiger partial charge in [0, 0.05) is 29.9 Å². The summed E-state index contributed by atoms with van der Waals surface area (Å²) in [6.45, 7) is 0.860. The molecule has 0 fully saturated rings. The summed E-state index contributed by atoms with van der Waals surface area (Å²) in [7, 11) is 0. The molecule has 0 bridgehead atoms. The van der Waals surface area contributed by atoms with Crippen molar-refractivity contribution in [3.8, 4) is 6.07 Å². The van der Waals surface area contributed by atoms with Crippen LogP contribution in [0.3, 0.4) is 0 Å². The number of hydrogen-bond acceptors (Lipinski definition) is 4. The largest absolute Gasteiger partial charge is 0.330 e. The fraction of sp³-hybridized carbons (Fsp3) is 0.136. The van der Waals surface area contributed by atoms with Crippen LogP contribution < -0.4 is 5.32 Å². The summed E-state index contributed by atoms with van der Waals surface area (Å²) in [6, 6.07) is 18.5. The molecule has 29 heavy (non-hydrogen) atoms. The first kappa shape index (κ1) is 19.2. The minimum Gasteiger partial charge on any atom is -0.330 e. The average Bonchev–Trinajstić information content (AvgIpc) is 3.27. The van der Waals surface area contributed by atoms with Crippen molar-refractivity contribution in [2.75, 3.05) is 5.32 Å². The first-order valence-corrected chi connectivity index (χ1v) is 10.2. The second kappa shape index (κ2) is 8.08. The molecule has 144 valence electrons. The quantitative estimate of drug-likeness (QED) is 0.638. The van der Waals surface area contributed by atoms with Crippen LogP contribution >= 0.6 is 22.9 Å². The molecule has 4 rings (SSSR count). The van der Waals surface area contributed by atoms with Gasteiger partial charge in [-0.3, -0.25) is 9.59 Å². The van der Waals surface area contributed by atoms with Crippen LogP contribution in [-0.2, 0) is 19.5 Å². The van der Waals surface area contributed by atoms with Crippen molar-refractivity contribution in [2.45, 2.75) is 19.5 Å². The molecule has 0 aliphatic carbocycles. The molecule has 1 aliphatic heterocycles. The van der Waals surface area contributed by atoms with Crippen LogP contribution in [0.1, 0.15) is 36.7 Å². The topological polar surface area (TPSA) is 73.2 Å². The second-order valence-corrected chi connectivity index (χ2v) is 8.42. The molecule has 2 aromatic carbocycles. The maximum absolute atomic E-state index is 12.9. The van der Waals surface area contributed by atoms with Crippen molar-refractivity contribution < 1.29 is 9.59 Å². The molecule has 1 aliphatic rings. The Kier molecular flexibility index (Phi) is 5.34. The lowest BCUT2D eigenvalue weighted by Crippen LogP contribution is -2.23. The third-order valence-electron chi connectivity index (χ3n) is 4.74. The van der Waals surface area contributed by atoms with Gasteiger partial charge in [0.2, 0.25) is 0 Å². The van der Waals surface area contributed by atoms with E-state index < -0.39 is 0 Å². The molecule has 0 unspecified atom stereocenters. The van der Waals surface area contributed by atoms with Crippen LogP contribution in [0.25, 0.3) is 0 Å². The second-order valence-electron chi connectivity index (χ2n) is 6.71. The lowest BCUT2D eigenvalue weighted by molar-refractivity contribution is 0.0766.